The number of ether oxygens (including phenoxy) is 3. The van der Waals surface area contributed by atoms with Gasteiger partial charge in [-0.1, -0.05) is 19.1 Å². The van der Waals surface area contributed by atoms with Crippen molar-refractivity contribution >= 4 is 9.84 Å². The van der Waals surface area contributed by atoms with Crippen molar-refractivity contribution in [1.29, 1.82) is 0 Å². The van der Waals surface area contributed by atoms with E-state index in [1.807, 2.05) is 0 Å². The van der Waals surface area contributed by atoms with Gasteiger partial charge in [-0.2, -0.15) is 0 Å². The first kappa shape index (κ1) is 16.0. The third-order valence-corrected chi connectivity index (χ3v) is 4.70. The van der Waals surface area contributed by atoms with Gasteiger partial charge in [0.2, 0.25) is 0 Å². The molecule has 1 aliphatic rings. The molecule has 0 amide bonds. The van der Waals surface area contributed by atoms with Crippen LogP contribution in [0.25, 0.3) is 0 Å². The van der Waals surface area contributed by atoms with Crippen LogP contribution in [0.4, 0.5) is 8.78 Å². The molecule has 0 bridgehead atoms. The number of para-hydroxylation sites is 1. The maximum atomic E-state index is 13.0. The van der Waals surface area contributed by atoms with Gasteiger partial charge in [-0.25, -0.2) is 8.42 Å². The van der Waals surface area contributed by atoms with Crippen LogP contribution in [0.2, 0.25) is 0 Å². The summed E-state index contributed by atoms with van der Waals surface area (Å²) in [4.78, 5) is 0. The highest BCUT2D eigenvalue weighted by molar-refractivity contribution is 7.90. The molecule has 1 aromatic carbocycles. The third kappa shape index (κ3) is 4.04. The summed E-state index contributed by atoms with van der Waals surface area (Å²) in [6, 6.07) is 4.19. The average Bonchev–Trinajstić information content (AvgIpc) is 2.63. The van der Waals surface area contributed by atoms with Crippen LogP contribution in [0.3, 0.4) is 0 Å². The molecule has 1 heterocycles. The van der Waals surface area contributed by atoms with Gasteiger partial charge in [0.15, 0.2) is 21.3 Å². The van der Waals surface area contributed by atoms with E-state index >= 15 is 0 Å². The number of hydrogen-bond acceptors (Lipinski definition) is 5. The number of sulfone groups is 1. The lowest BCUT2D eigenvalue weighted by Gasteiger charge is -2.12. The second kappa shape index (κ2) is 5.76. The number of benzene rings is 1. The maximum absolute atomic E-state index is 13.0. The van der Waals surface area contributed by atoms with Crippen molar-refractivity contribution in [3.05, 3.63) is 23.8 Å². The van der Waals surface area contributed by atoms with Gasteiger partial charge in [0.05, 0.1) is 11.5 Å². The summed E-state index contributed by atoms with van der Waals surface area (Å²) in [7, 11) is -1.99. The molecular weight excluding hydrogens is 306 g/mol. The molecule has 0 aromatic heterocycles. The lowest BCUT2D eigenvalue weighted by molar-refractivity contribution is -0.286. The molecule has 5 nitrogen and oxygen atoms in total. The molecule has 0 saturated carbocycles. The van der Waals surface area contributed by atoms with E-state index in [0.717, 1.165) is 0 Å². The van der Waals surface area contributed by atoms with Crippen molar-refractivity contribution in [3.8, 4) is 11.5 Å². The highest BCUT2D eigenvalue weighted by Gasteiger charge is 2.44. The largest absolute Gasteiger partial charge is 0.586 e. The quantitative estimate of drug-likeness (QED) is 0.803. The lowest BCUT2D eigenvalue weighted by atomic mass is 10.2. The van der Waals surface area contributed by atoms with Crippen LogP contribution < -0.4 is 9.47 Å². The van der Waals surface area contributed by atoms with Gasteiger partial charge < -0.3 is 14.2 Å². The van der Waals surface area contributed by atoms with Crippen molar-refractivity contribution in [2.24, 2.45) is 5.92 Å². The molecular formula is C13H16F2O5S. The number of alkyl halides is 2. The molecule has 1 aromatic rings. The molecule has 1 aliphatic heterocycles. The van der Waals surface area contributed by atoms with Crippen LogP contribution in [0.15, 0.2) is 18.2 Å². The summed E-state index contributed by atoms with van der Waals surface area (Å²) in [6.07, 6.45) is -3.76. The predicted molar refractivity (Wildman–Crippen MR) is 71.2 cm³/mol. The molecule has 1 atom stereocenters. The normalized spacial score (nSPS) is 17.7. The van der Waals surface area contributed by atoms with Crippen molar-refractivity contribution < 1.29 is 31.4 Å². The molecule has 8 heteroatoms. The first-order valence-electron chi connectivity index (χ1n) is 6.29. The zero-order valence-electron chi connectivity index (χ0n) is 11.6. The average molecular weight is 322 g/mol. The molecule has 0 saturated heterocycles. The Morgan fingerprint density at radius 1 is 1.33 bits per heavy atom. The second-order valence-electron chi connectivity index (χ2n) is 5.03. The Morgan fingerprint density at radius 2 is 2.05 bits per heavy atom. The number of fused-ring (bicyclic) bond motifs is 1. The first-order chi connectivity index (χ1) is 9.72. The highest BCUT2D eigenvalue weighted by Crippen LogP contribution is 2.43. The molecule has 21 heavy (non-hydrogen) atoms. The second-order valence-corrected chi connectivity index (χ2v) is 7.14. The fourth-order valence-corrected chi connectivity index (χ4v) is 3.98. The van der Waals surface area contributed by atoms with Gasteiger partial charge in [0.25, 0.3) is 0 Å². The summed E-state index contributed by atoms with van der Waals surface area (Å²) in [5, 5.41) is 0. The molecule has 1 unspecified atom stereocenters. The van der Waals surface area contributed by atoms with Crippen LogP contribution in [-0.4, -0.2) is 34.2 Å². The van der Waals surface area contributed by atoms with Crippen LogP contribution in [0, 0.1) is 5.92 Å². The molecule has 0 N–H and O–H groups in total. The van der Waals surface area contributed by atoms with E-state index in [1.54, 1.807) is 6.92 Å². The van der Waals surface area contributed by atoms with Gasteiger partial charge in [0, 0.05) is 19.3 Å². The van der Waals surface area contributed by atoms with Crippen molar-refractivity contribution in [2.75, 3.05) is 19.5 Å². The van der Waals surface area contributed by atoms with Crippen LogP contribution in [0.5, 0.6) is 11.5 Å². The fourth-order valence-electron chi connectivity index (χ4n) is 2.20. The molecule has 2 rings (SSSR count). The number of rotatable bonds is 6. The van der Waals surface area contributed by atoms with Crippen LogP contribution >= 0.6 is 0 Å². The monoisotopic (exact) mass is 322 g/mol. The third-order valence-electron chi connectivity index (χ3n) is 2.88. The van der Waals surface area contributed by atoms with E-state index in [1.165, 1.54) is 25.3 Å². The minimum Gasteiger partial charge on any atom is -0.395 e. The summed E-state index contributed by atoms with van der Waals surface area (Å²) >= 11 is 0. The fraction of sp³-hybridized carbons (Fsp3) is 0.538. The van der Waals surface area contributed by atoms with Crippen molar-refractivity contribution in [2.45, 2.75) is 19.0 Å². The van der Waals surface area contributed by atoms with Gasteiger partial charge in [-0.15, -0.1) is 8.78 Å². The van der Waals surface area contributed by atoms with E-state index in [2.05, 4.69) is 9.47 Å². The number of methoxy groups -OCH3 is 1. The molecule has 0 spiro atoms. The Hall–Kier alpha value is -1.41. The minimum atomic E-state index is -3.76. The van der Waals surface area contributed by atoms with E-state index in [0.29, 0.717) is 6.61 Å². The van der Waals surface area contributed by atoms with Crippen LogP contribution in [-0.2, 0) is 20.3 Å². The van der Waals surface area contributed by atoms with E-state index in [9.17, 15) is 17.2 Å². The van der Waals surface area contributed by atoms with Crippen LogP contribution in [0.1, 0.15) is 12.5 Å². The summed E-state index contributed by atoms with van der Waals surface area (Å²) < 4.78 is 63.9. The summed E-state index contributed by atoms with van der Waals surface area (Å²) in [6.45, 7) is 2.05. The molecule has 0 radical (unpaired) electrons. The van der Waals surface area contributed by atoms with Crippen molar-refractivity contribution in [1.82, 2.24) is 0 Å². The minimum absolute atomic E-state index is 0.0955. The lowest BCUT2D eigenvalue weighted by Crippen LogP contribution is -2.26. The number of halogens is 2. The van der Waals surface area contributed by atoms with Gasteiger partial charge in [-0.3, -0.25) is 0 Å². The predicted octanol–water partition coefficient (Wildman–Crippen LogP) is 2.21. The summed E-state index contributed by atoms with van der Waals surface area (Å²) in [5.41, 5.74) is 0.161. The Morgan fingerprint density at radius 3 is 2.71 bits per heavy atom. The Balaban J connectivity index is 2.17. The smallest absolute Gasteiger partial charge is 0.395 e. The van der Waals surface area contributed by atoms with Gasteiger partial charge in [0.1, 0.15) is 0 Å². The Labute approximate surface area is 121 Å². The van der Waals surface area contributed by atoms with E-state index in [4.69, 9.17) is 4.74 Å². The SMILES string of the molecule is COCC(C)CS(=O)(=O)Cc1cccc2c1OC(F)(F)O2. The summed E-state index contributed by atoms with van der Waals surface area (Å²) in [5.74, 6) is -1.04. The number of hydrogen-bond donors (Lipinski definition) is 0. The standard InChI is InChI=1S/C13H16F2O5S/c1-9(6-18-2)7-21(16,17)8-10-4-3-5-11-12(10)20-13(14,15)19-11/h3-5,9H,6-8H2,1-2H3. The zero-order chi connectivity index (χ0) is 15.7. The van der Waals surface area contributed by atoms with E-state index < -0.39 is 16.1 Å². The highest BCUT2D eigenvalue weighted by atomic mass is 32.2. The van der Waals surface area contributed by atoms with Gasteiger partial charge >= 0.3 is 6.29 Å². The Kier molecular flexibility index (Phi) is 4.38. The van der Waals surface area contributed by atoms with Crippen molar-refractivity contribution in [3.63, 3.8) is 0 Å². The topological polar surface area (TPSA) is 61.8 Å². The Bertz CT molecular complexity index is 615. The molecule has 118 valence electrons. The van der Waals surface area contributed by atoms with E-state index in [-0.39, 0.29) is 34.5 Å². The maximum Gasteiger partial charge on any atom is 0.586 e. The first-order valence-corrected chi connectivity index (χ1v) is 8.11. The zero-order valence-corrected chi connectivity index (χ0v) is 12.5. The molecule has 0 fully saturated rings. The molecule has 0 aliphatic carbocycles. The van der Waals surface area contributed by atoms with Gasteiger partial charge in [-0.05, 0) is 12.0 Å².